The van der Waals surface area contributed by atoms with Gasteiger partial charge in [-0.15, -0.1) is 0 Å². The van der Waals surface area contributed by atoms with Gasteiger partial charge in [0.05, 0.1) is 6.61 Å². The lowest BCUT2D eigenvalue weighted by Gasteiger charge is -2.08. The number of hydrogen-bond donors (Lipinski definition) is 1. The van der Waals surface area contributed by atoms with Crippen molar-refractivity contribution in [3.8, 4) is 5.75 Å². The number of ether oxygens (including phenoxy) is 1. The standard InChI is InChI=1S/C13H22N2O2/c1-2-3-11-17-12-7-6-10-15(13(12)16)9-5-4-8-14/h6-7,10H,2-5,8-9,11,14H2,1H3. The average Bonchev–Trinajstić information content (AvgIpc) is 2.34. The Morgan fingerprint density at radius 1 is 1.35 bits per heavy atom. The number of aryl methyl sites for hydroxylation is 1. The maximum atomic E-state index is 12.0. The number of aromatic nitrogens is 1. The van der Waals surface area contributed by atoms with E-state index in [1.54, 1.807) is 16.8 Å². The maximum Gasteiger partial charge on any atom is 0.292 e. The number of nitrogens with two attached hydrogens (primary N) is 1. The molecule has 1 rings (SSSR count). The van der Waals surface area contributed by atoms with E-state index in [-0.39, 0.29) is 5.56 Å². The number of unbranched alkanes of at least 4 members (excludes halogenated alkanes) is 2. The van der Waals surface area contributed by atoms with Crippen LogP contribution < -0.4 is 16.0 Å². The van der Waals surface area contributed by atoms with Crippen LogP contribution in [0.3, 0.4) is 0 Å². The number of nitrogens with zero attached hydrogens (tertiary/aromatic N) is 1. The molecule has 0 fully saturated rings. The van der Waals surface area contributed by atoms with Crippen molar-refractivity contribution >= 4 is 0 Å². The lowest BCUT2D eigenvalue weighted by molar-refractivity contribution is 0.302. The predicted octanol–water partition coefficient (Wildman–Crippen LogP) is 1.77. The molecule has 0 aliphatic rings. The fraction of sp³-hybridized carbons (Fsp3) is 0.615. The van der Waals surface area contributed by atoms with Gasteiger partial charge in [0.1, 0.15) is 0 Å². The van der Waals surface area contributed by atoms with Crippen LogP contribution in [0.25, 0.3) is 0 Å². The lowest BCUT2D eigenvalue weighted by atomic mass is 10.3. The molecule has 0 spiro atoms. The van der Waals surface area contributed by atoms with Gasteiger partial charge in [0.25, 0.3) is 5.56 Å². The van der Waals surface area contributed by atoms with E-state index >= 15 is 0 Å². The van der Waals surface area contributed by atoms with E-state index in [2.05, 4.69) is 6.92 Å². The van der Waals surface area contributed by atoms with E-state index in [4.69, 9.17) is 10.5 Å². The third-order valence-electron chi connectivity index (χ3n) is 2.59. The Hall–Kier alpha value is -1.29. The molecule has 0 saturated carbocycles. The van der Waals surface area contributed by atoms with Crippen LogP contribution >= 0.6 is 0 Å². The summed E-state index contributed by atoms with van der Waals surface area (Å²) in [5.74, 6) is 0.452. The molecular weight excluding hydrogens is 216 g/mol. The van der Waals surface area contributed by atoms with Crippen LogP contribution in [0, 0.1) is 0 Å². The Labute approximate surface area is 102 Å². The second-order valence-corrected chi connectivity index (χ2v) is 4.07. The fourth-order valence-corrected chi connectivity index (χ4v) is 1.55. The first-order valence-corrected chi connectivity index (χ1v) is 6.32. The van der Waals surface area contributed by atoms with Crippen LogP contribution in [0.15, 0.2) is 23.1 Å². The largest absolute Gasteiger partial charge is 0.488 e. The van der Waals surface area contributed by atoms with Crippen molar-refractivity contribution in [2.75, 3.05) is 13.2 Å². The predicted molar refractivity (Wildman–Crippen MR) is 69.4 cm³/mol. The number of hydrogen-bond acceptors (Lipinski definition) is 3. The van der Waals surface area contributed by atoms with Crippen LogP contribution in [-0.2, 0) is 6.54 Å². The second-order valence-electron chi connectivity index (χ2n) is 4.07. The maximum absolute atomic E-state index is 12.0. The molecule has 1 aromatic rings. The molecule has 96 valence electrons. The van der Waals surface area contributed by atoms with Crippen molar-refractivity contribution in [1.82, 2.24) is 4.57 Å². The normalized spacial score (nSPS) is 10.5. The van der Waals surface area contributed by atoms with Crippen molar-refractivity contribution in [1.29, 1.82) is 0 Å². The Kier molecular flexibility index (Phi) is 6.40. The van der Waals surface area contributed by atoms with Crippen LogP contribution in [0.4, 0.5) is 0 Å². The summed E-state index contributed by atoms with van der Waals surface area (Å²) in [6.45, 7) is 4.08. The molecule has 1 aromatic heterocycles. The van der Waals surface area contributed by atoms with E-state index in [0.29, 0.717) is 25.4 Å². The quantitative estimate of drug-likeness (QED) is 0.702. The van der Waals surface area contributed by atoms with E-state index in [1.165, 1.54) is 0 Å². The van der Waals surface area contributed by atoms with E-state index in [9.17, 15) is 4.79 Å². The van der Waals surface area contributed by atoms with Gasteiger partial charge < -0.3 is 15.0 Å². The van der Waals surface area contributed by atoms with Crippen molar-refractivity contribution in [3.63, 3.8) is 0 Å². The minimum absolute atomic E-state index is 0.0411. The molecule has 0 amide bonds. The van der Waals surface area contributed by atoms with Crippen LogP contribution in [0.1, 0.15) is 32.6 Å². The van der Waals surface area contributed by atoms with Crippen molar-refractivity contribution in [2.24, 2.45) is 5.73 Å². The molecule has 1 heterocycles. The molecular formula is C13H22N2O2. The van der Waals surface area contributed by atoms with E-state index in [0.717, 1.165) is 25.7 Å². The molecule has 0 aromatic carbocycles. The van der Waals surface area contributed by atoms with Gasteiger partial charge in [-0.2, -0.15) is 0 Å². The van der Waals surface area contributed by atoms with Crippen molar-refractivity contribution < 1.29 is 4.74 Å². The van der Waals surface area contributed by atoms with Gasteiger partial charge in [0, 0.05) is 12.7 Å². The smallest absolute Gasteiger partial charge is 0.292 e. The summed E-state index contributed by atoms with van der Waals surface area (Å²) in [7, 11) is 0. The summed E-state index contributed by atoms with van der Waals surface area (Å²) in [5.41, 5.74) is 5.39. The number of rotatable bonds is 8. The molecule has 0 saturated heterocycles. The van der Waals surface area contributed by atoms with Gasteiger partial charge in [-0.05, 0) is 37.9 Å². The first-order chi connectivity index (χ1) is 8.29. The van der Waals surface area contributed by atoms with Crippen molar-refractivity contribution in [2.45, 2.75) is 39.2 Å². The number of pyridine rings is 1. The summed E-state index contributed by atoms with van der Waals surface area (Å²) in [6.07, 6.45) is 5.70. The molecule has 0 unspecified atom stereocenters. The topological polar surface area (TPSA) is 57.2 Å². The first-order valence-electron chi connectivity index (χ1n) is 6.32. The van der Waals surface area contributed by atoms with Gasteiger partial charge in [0.15, 0.2) is 5.75 Å². The Bertz CT molecular complexity index is 343. The monoisotopic (exact) mass is 238 g/mol. The molecule has 4 nitrogen and oxygen atoms in total. The molecule has 0 aliphatic carbocycles. The van der Waals surface area contributed by atoms with Crippen molar-refractivity contribution in [3.05, 3.63) is 28.7 Å². The molecule has 0 bridgehead atoms. The third kappa shape index (κ3) is 4.61. The molecule has 0 radical (unpaired) electrons. The van der Waals surface area contributed by atoms with E-state index in [1.807, 2.05) is 6.07 Å². The third-order valence-corrected chi connectivity index (χ3v) is 2.59. The summed E-state index contributed by atoms with van der Waals surface area (Å²) in [5, 5.41) is 0. The highest BCUT2D eigenvalue weighted by atomic mass is 16.5. The van der Waals surface area contributed by atoms with Gasteiger partial charge in [0.2, 0.25) is 0 Å². The average molecular weight is 238 g/mol. The molecule has 2 N–H and O–H groups in total. The van der Waals surface area contributed by atoms with Crippen LogP contribution in [0.5, 0.6) is 5.75 Å². The SMILES string of the molecule is CCCCOc1cccn(CCCCN)c1=O. The first kappa shape index (κ1) is 13.8. The van der Waals surface area contributed by atoms with Crippen LogP contribution in [-0.4, -0.2) is 17.7 Å². The van der Waals surface area contributed by atoms with Gasteiger partial charge >= 0.3 is 0 Å². The Morgan fingerprint density at radius 2 is 2.18 bits per heavy atom. The zero-order valence-electron chi connectivity index (χ0n) is 10.5. The van der Waals surface area contributed by atoms with Gasteiger partial charge in [-0.3, -0.25) is 4.79 Å². The minimum atomic E-state index is -0.0411. The fourth-order valence-electron chi connectivity index (χ4n) is 1.55. The zero-order valence-corrected chi connectivity index (χ0v) is 10.5. The summed E-state index contributed by atoms with van der Waals surface area (Å²) in [4.78, 5) is 12.0. The summed E-state index contributed by atoms with van der Waals surface area (Å²) in [6, 6.07) is 3.59. The Balaban J connectivity index is 2.60. The second kappa shape index (κ2) is 7.90. The summed E-state index contributed by atoms with van der Waals surface area (Å²) >= 11 is 0. The molecule has 17 heavy (non-hydrogen) atoms. The molecule has 0 aliphatic heterocycles. The van der Waals surface area contributed by atoms with E-state index < -0.39 is 0 Å². The highest BCUT2D eigenvalue weighted by molar-refractivity contribution is 5.17. The highest BCUT2D eigenvalue weighted by Crippen LogP contribution is 2.04. The van der Waals surface area contributed by atoms with Crippen LogP contribution in [0.2, 0.25) is 0 Å². The Morgan fingerprint density at radius 3 is 2.88 bits per heavy atom. The van der Waals surface area contributed by atoms with Gasteiger partial charge in [-0.1, -0.05) is 13.3 Å². The molecule has 4 heteroatoms. The minimum Gasteiger partial charge on any atom is -0.488 e. The van der Waals surface area contributed by atoms with Gasteiger partial charge in [-0.25, -0.2) is 0 Å². The lowest BCUT2D eigenvalue weighted by Crippen LogP contribution is -2.22. The molecule has 0 atom stereocenters. The highest BCUT2D eigenvalue weighted by Gasteiger charge is 2.03. The summed E-state index contributed by atoms with van der Waals surface area (Å²) < 4.78 is 7.16. The zero-order chi connectivity index (χ0) is 12.5.